The van der Waals surface area contributed by atoms with Gasteiger partial charge in [0.2, 0.25) is 5.91 Å². The highest BCUT2D eigenvalue weighted by molar-refractivity contribution is 8.00. The van der Waals surface area contributed by atoms with Crippen LogP contribution in [0.25, 0.3) is 11.3 Å². The minimum Gasteiger partial charge on any atom is -0.477 e. The Labute approximate surface area is 218 Å². The summed E-state index contributed by atoms with van der Waals surface area (Å²) < 4.78 is 1.78. The summed E-state index contributed by atoms with van der Waals surface area (Å²) in [6.45, 7) is 0.0957. The number of oxime groups is 1. The molecule has 37 heavy (non-hydrogen) atoms. The van der Waals surface area contributed by atoms with E-state index in [-0.39, 0.29) is 41.1 Å². The van der Waals surface area contributed by atoms with Crippen LogP contribution in [-0.4, -0.2) is 66.5 Å². The van der Waals surface area contributed by atoms with Crippen molar-refractivity contribution in [1.82, 2.24) is 25.4 Å². The number of fused-ring (bicyclic) bond motifs is 1. The first-order valence-electron chi connectivity index (χ1n) is 10.9. The number of rotatable bonds is 8. The van der Waals surface area contributed by atoms with E-state index in [9.17, 15) is 19.5 Å². The fourth-order valence-corrected chi connectivity index (χ4v) is 6.05. The van der Waals surface area contributed by atoms with Crippen LogP contribution >= 0.6 is 23.1 Å². The number of anilines is 1. The van der Waals surface area contributed by atoms with E-state index >= 15 is 0 Å². The maximum absolute atomic E-state index is 13.3. The second-order valence-electron chi connectivity index (χ2n) is 8.02. The molecule has 0 saturated carbocycles. The van der Waals surface area contributed by atoms with Crippen molar-refractivity contribution >= 4 is 51.7 Å². The summed E-state index contributed by atoms with van der Waals surface area (Å²) in [4.78, 5) is 48.2. The fraction of sp³-hybridized carbons (Fsp3) is 0.227. The predicted molar refractivity (Wildman–Crippen MR) is 134 cm³/mol. The van der Waals surface area contributed by atoms with Crippen molar-refractivity contribution in [3.63, 3.8) is 0 Å². The topological polar surface area (TPSA) is 180 Å². The van der Waals surface area contributed by atoms with Gasteiger partial charge >= 0.3 is 5.97 Å². The van der Waals surface area contributed by atoms with E-state index in [1.807, 2.05) is 24.4 Å². The van der Waals surface area contributed by atoms with Crippen molar-refractivity contribution in [1.29, 1.82) is 0 Å². The molecule has 0 radical (unpaired) electrons. The van der Waals surface area contributed by atoms with Crippen LogP contribution in [0.5, 0.6) is 0 Å². The molecule has 1 saturated heterocycles. The SMILES string of the molecule is CO/N=C(\C(=O)NC1S[C@@H]2CC(=O)N2C(C(=O)O)=C1C[n+]1cccc(-c2ccn[nH]2)c1)c1csc(N)n1. The van der Waals surface area contributed by atoms with Gasteiger partial charge in [-0.2, -0.15) is 5.10 Å². The summed E-state index contributed by atoms with van der Waals surface area (Å²) >= 11 is 2.43. The number of carbonyl (C=O) groups is 3. The molecule has 0 aromatic carbocycles. The van der Waals surface area contributed by atoms with E-state index in [4.69, 9.17) is 10.6 Å². The van der Waals surface area contributed by atoms with Crippen molar-refractivity contribution < 1.29 is 28.9 Å². The monoisotopic (exact) mass is 541 g/mol. The standard InChI is InChI=1S/C22H20N8O5S2/c1-35-28-17(14-10-36-22(23)25-14)19(32)26-20-12(18(21(33)34)30-15(31)7-16(30)37-20)9-29-6-2-3-11(8-29)13-4-5-24-27-13/h2-6,8,10,16,20H,7,9H2,1H3,(H4-,23,24,25,26,27,32,33,34)/p+1/b28-17-/t16-,20?/m1/s1. The Morgan fingerprint density at radius 3 is 2.92 bits per heavy atom. The van der Waals surface area contributed by atoms with Crippen molar-refractivity contribution in [2.45, 2.75) is 23.7 Å². The van der Waals surface area contributed by atoms with Crippen LogP contribution in [0.15, 0.2) is 58.6 Å². The average Bonchev–Trinajstić information content (AvgIpc) is 3.55. The number of H-pyrrole nitrogens is 1. The average molecular weight is 542 g/mol. The van der Waals surface area contributed by atoms with E-state index in [0.717, 1.165) is 22.6 Å². The molecule has 190 valence electrons. The third-order valence-electron chi connectivity index (χ3n) is 5.71. The summed E-state index contributed by atoms with van der Waals surface area (Å²) in [5.41, 5.74) is 7.65. The van der Waals surface area contributed by atoms with Crippen LogP contribution in [0.1, 0.15) is 12.1 Å². The zero-order valence-electron chi connectivity index (χ0n) is 19.3. The third kappa shape index (κ3) is 4.77. The van der Waals surface area contributed by atoms with E-state index in [2.05, 4.69) is 25.7 Å². The molecule has 1 unspecified atom stereocenters. The summed E-state index contributed by atoms with van der Waals surface area (Å²) in [7, 11) is 1.30. The number of carbonyl (C=O) groups excluding carboxylic acids is 2. The molecule has 1 fully saturated rings. The Morgan fingerprint density at radius 2 is 2.27 bits per heavy atom. The normalized spacial score (nSPS) is 19.3. The fourth-order valence-electron chi connectivity index (χ4n) is 4.07. The van der Waals surface area contributed by atoms with Gasteiger partial charge < -0.3 is 21.0 Å². The van der Waals surface area contributed by atoms with E-state index in [1.54, 1.807) is 22.3 Å². The highest BCUT2D eigenvalue weighted by atomic mass is 32.2. The second kappa shape index (κ2) is 10.0. The lowest BCUT2D eigenvalue weighted by atomic mass is 10.1. The van der Waals surface area contributed by atoms with E-state index < -0.39 is 22.6 Å². The number of aromatic nitrogens is 4. The van der Waals surface area contributed by atoms with Gasteiger partial charge in [0.15, 0.2) is 29.8 Å². The van der Waals surface area contributed by atoms with Gasteiger partial charge in [0.25, 0.3) is 5.91 Å². The molecule has 5 heterocycles. The van der Waals surface area contributed by atoms with E-state index in [1.165, 1.54) is 23.8 Å². The lowest BCUT2D eigenvalue weighted by Crippen LogP contribution is -2.59. The lowest BCUT2D eigenvalue weighted by Gasteiger charge is -2.46. The molecule has 5 N–H and O–H groups in total. The van der Waals surface area contributed by atoms with Gasteiger partial charge in [-0.3, -0.25) is 19.6 Å². The van der Waals surface area contributed by atoms with Crippen LogP contribution < -0.4 is 15.6 Å². The number of nitrogens with one attached hydrogen (secondary N) is 2. The molecule has 2 aliphatic heterocycles. The number of aliphatic carboxylic acids is 1. The Balaban J connectivity index is 1.51. The summed E-state index contributed by atoms with van der Waals surface area (Å²) in [6, 6.07) is 5.51. The third-order valence-corrected chi connectivity index (χ3v) is 7.75. The number of hydrogen-bond acceptors (Lipinski definition) is 10. The van der Waals surface area contributed by atoms with Gasteiger partial charge in [-0.05, 0) is 12.1 Å². The van der Waals surface area contributed by atoms with Gasteiger partial charge in [-0.1, -0.05) is 5.16 Å². The van der Waals surface area contributed by atoms with Gasteiger partial charge in [-0.15, -0.1) is 23.1 Å². The molecule has 3 aromatic heterocycles. The summed E-state index contributed by atoms with van der Waals surface area (Å²) in [5.74, 6) is -2.16. The number of nitrogens with zero attached hydrogens (tertiary/aromatic N) is 5. The largest absolute Gasteiger partial charge is 0.477 e. The number of pyridine rings is 1. The van der Waals surface area contributed by atoms with Crippen LogP contribution in [0.3, 0.4) is 0 Å². The number of nitrogens with two attached hydrogens (primary N) is 1. The highest BCUT2D eigenvalue weighted by Crippen LogP contribution is 2.43. The number of nitrogen functional groups attached to an aromatic ring is 1. The molecular weight excluding hydrogens is 520 g/mol. The van der Waals surface area contributed by atoms with Crippen LogP contribution in [0.4, 0.5) is 5.13 Å². The Bertz CT molecular complexity index is 1430. The van der Waals surface area contributed by atoms with Crippen molar-refractivity contribution in [3.8, 4) is 11.3 Å². The molecule has 0 aliphatic carbocycles. The zero-order chi connectivity index (χ0) is 26.1. The summed E-state index contributed by atoms with van der Waals surface area (Å²) in [5, 5.41) is 24.3. The zero-order valence-corrected chi connectivity index (χ0v) is 21.0. The molecule has 3 aromatic rings. The molecule has 15 heteroatoms. The number of hydrogen-bond donors (Lipinski definition) is 4. The van der Waals surface area contributed by atoms with Crippen LogP contribution in [-0.2, 0) is 25.8 Å². The Morgan fingerprint density at radius 1 is 1.43 bits per heavy atom. The Hall–Kier alpha value is -4.24. The predicted octanol–water partition coefficient (Wildman–Crippen LogP) is 0.540. The van der Waals surface area contributed by atoms with Crippen LogP contribution in [0.2, 0.25) is 0 Å². The maximum atomic E-state index is 13.3. The quantitative estimate of drug-likeness (QED) is 0.137. The molecule has 0 spiro atoms. The van der Waals surface area contributed by atoms with Gasteiger partial charge in [-0.25, -0.2) is 14.3 Å². The molecule has 5 rings (SSSR count). The smallest absolute Gasteiger partial charge is 0.352 e. The highest BCUT2D eigenvalue weighted by Gasteiger charge is 2.50. The molecule has 0 bridgehead atoms. The number of thioether (sulfide) groups is 1. The van der Waals surface area contributed by atoms with Gasteiger partial charge in [0.1, 0.15) is 23.9 Å². The minimum absolute atomic E-state index is 0.0957. The van der Waals surface area contributed by atoms with Crippen molar-refractivity contribution in [2.75, 3.05) is 12.8 Å². The number of carboxylic acids is 1. The first kappa shape index (κ1) is 24.5. The second-order valence-corrected chi connectivity index (χ2v) is 10.2. The number of amides is 2. The molecule has 13 nitrogen and oxygen atoms in total. The van der Waals surface area contributed by atoms with Gasteiger partial charge in [0.05, 0.1) is 28.6 Å². The first-order chi connectivity index (χ1) is 17.9. The van der Waals surface area contributed by atoms with E-state index in [0.29, 0.717) is 5.57 Å². The lowest BCUT2D eigenvalue weighted by molar-refractivity contribution is -0.688. The Kier molecular flexibility index (Phi) is 6.62. The van der Waals surface area contributed by atoms with Crippen molar-refractivity contribution in [3.05, 3.63) is 59.1 Å². The van der Waals surface area contributed by atoms with Crippen molar-refractivity contribution in [2.24, 2.45) is 5.16 Å². The molecular formula is C22H21N8O5S2+. The number of thiazole rings is 1. The van der Waals surface area contributed by atoms with Crippen LogP contribution in [0, 0.1) is 0 Å². The molecule has 2 aliphatic rings. The number of carboxylic acid groups (broad SMARTS) is 1. The maximum Gasteiger partial charge on any atom is 0.352 e. The minimum atomic E-state index is -1.25. The first-order valence-corrected chi connectivity index (χ1v) is 12.7. The summed E-state index contributed by atoms with van der Waals surface area (Å²) in [6.07, 6.45) is 5.40. The van der Waals surface area contributed by atoms with Gasteiger partial charge in [0, 0.05) is 17.6 Å². The number of aromatic amines is 1. The molecule has 2 amide bonds. The number of β-lactam (4-membered cyclic amide) rings is 1. The molecule has 2 atom stereocenters.